The molecule has 104 valence electrons. The van der Waals surface area contributed by atoms with Gasteiger partial charge >= 0.3 is 5.82 Å². The molecule has 0 saturated carbocycles. The molecular formula is C15H11N3O3. The molecule has 0 aliphatic carbocycles. The van der Waals surface area contributed by atoms with E-state index >= 15 is 0 Å². The molecular weight excluding hydrogens is 270 g/mol. The Hall–Kier alpha value is -3.15. The van der Waals surface area contributed by atoms with E-state index in [2.05, 4.69) is 10.3 Å². The predicted molar refractivity (Wildman–Crippen MR) is 79.7 cm³/mol. The fraction of sp³-hybridized carbons (Fsp3) is 0. The Morgan fingerprint density at radius 3 is 2.52 bits per heavy atom. The van der Waals surface area contributed by atoms with Crippen molar-refractivity contribution in [3.05, 3.63) is 75.6 Å². The molecule has 0 bridgehead atoms. The zero-order chi connectivity index (χ0) is 14.8. The Morgan fingerprint density at radius 1 is 1.10 bits per heavy atom. The van der Waals surface area contributed by atoms with Gasteiger partial charge in [0, 0.05) is 22.9 Å². The molecule has 0 unspecified atom stereocenters. The molecule has 21 heavy (non-hydrogen) atoms. The molecule has 0 fully saturated rings. The van der Waals surface area contributed by atoms with Crippen molar-refractivity contribution in [3.63, 3.8) is 0 Å². The molecule has 0 amide bonds. The number of nitrogens with zero attached hydrogens (tertiary/aromatic N) is 2. The SMILES string of the molecule is O=[N+]([O-])C1=Cc2ccccc2NC(c2ccc(O)cc2)=N1. The largest absolute Gasteiger partial charge is 0.508 e. The van der Waals surface area contributed by atoms with Gasteiger partial charge in [0.2, 0.25) is 0 Å². The van der Waals surface area contributed by atoms with Gasteiger partial charge in [0.15, 0.2) is 0 Å². The molecule has 1 heterocycles. The van der Waals surface area contributed by atoms with Crippen LogP contribution in [0.4, 0.5) is 5.69 Å². The highest BCUT2D eigenvalue weighted by Crippen LogP contribution is 2.24. The number of aromatic hydroxyl groups is 1. The van der Waals surface area contributed by atoms with Crippen molar-refractivity contribution < 1.29 is 10.0 Å². The van der Waals surface area contributed by atoms with Crippen LogP contribution in [0.15, 0.2) is 59.3 Å². The fourth-order valence-corrected chi connectivity index (χ4v) is 2.03. The summed E-state index contributed by atoms with van der Waals surface area (Å²) < 4.78 is 0. The number of nitrogens with one attached hydrogen (secondary N) is 1. The number of nitro groups is 1. The van der Waals surface area contributed by atoms with Gasteiger partial charge in [-0.25, -0.2) is 0 Å². The third-order valence-electron chi connectivity index (χ3n) is 3.05. The Labute approximate surface area is 120 Å². The summed E-state index contributed by atoms with van der Waals surface area (Å²) in [5.41, 5.74) is 2.08. The molecule has 2 N–H and O–H groups in total. The Morgan fingerprint density at radius 2 is 1.81 bits per heavy atom. The number of anilines is 1. The van der Waals surface area contributed by atoms with Crippen LogP contribution in [0, 0.1) is 10.1 Å². The normalized spacial score (nSPS) is 13.3. The van der Waals surface area contributed by atoms with E-state index in [1.807, 2.05) is 12.1 Å². The molecule has 0 atom stereocenters. The molecule has 0 radical (unpaired) electrons. The summed E-state index contributed by atoms with van der Waals surface area (Å²) in [4.78, 5) is 14.7. The smallest absolute Gasteiger partial charge is 0.366 e. The summed E-state index contributed by atoms with van der Waals surface area (Å²) in [5.74, 6) is 0.247. The number of fused-ring (bicyclic) bond motifs is 1. The van der Waals surface area contributed by atoms with Crippen LogP contribution in [0.25, 0.3) is 6.08 Å². The first-order valence-corrected chi connectivity index (χ1v) is 6.24. The Bertz CT molecular complexity index is 764. The van der Waals surface area contributed by atoms with Crippen molar-refractivity contribution in [1.29, 1.82) is 0 Å². The van der Waals surface area contributed by atoms with Gasteiger partial charge in [-0.1, -0.05) is 18.2 Å². The van der Waals surface area contributed by atoms with Gasteiger partial charge < -0.3 is 20.5 Å². The molecule has 0 spiro atoms. The lowest BCUT2D eigenvalue weighted by atomic mass is 10.1. The van der Waals surface area contributed by atoms with Crippen molar-refractivity contribution in [3.8, 4) is 5.75 Å². The Kier molecular flexibility index (Phi) is 3.12. The van der Waals surface area contributed by atoms with Crippen LogP contribution in [0.5, 0.6) is 5.75 Å². The lowest BCUT2D eigenvalue weighted by molar-refractivity contribution is -0.424. The van der Waals surface area contributed by atoms with E-state index in [0.29, 0.717) is 17.0 Å². The van der Waals surface area contributed by atoms with Gasteiger partial charge in [-0.2, -0.15) is 0 Å². The van der Waals surface area contributed by atoms with Crippen LogP contribution in [0.3, 0.4) is 0 Å². The first-order valence-electron chi connectivity index (χ1n) is 6.24. The summed E-state index contributed by atoms with van der Waals surface area (Å²) in [6.07, 6.45) is 1.43. The number of para-hydroxylation sites is 1. The number of aliphatic imine (C=N–C) groups is 1. The van der Waals surface area contributed by atoms with E-state index < -0.39 is 4.92 Å². The molecule has 2 aromatic carbocycles. The standard InChI is InChI=1S/C15H11N3O3/c19-12-7-5-10(6-8-12)15-16-13-4-2-1-3-11(13)9-14(17-15)18(20)21/h1-9,19H,(H,16,17). The lowest BCUT2D eigenvalue weighted by Crippen LogP contribution is -2.14. The maximum Gasteiger partial charge on any atom is 0.366 e. The average Bonchev–Trinajstić information content (AvgIpc) is 2.67. The minimum absolute atomic E-state index is 0.124. The maximum absolute atomic E-state index is 11.1. The predicted octanol–water partition coefficient (Wildman–Crippen LogP) is 2.84. The van der Waals surface area contributed by atoms with Crippen molar-refractivity contribution in [2.24, 2.45) is 4.99 Å². The topological polar surface area (TPSA) is 87.8 Å². The van der Waals surface area contributed by atoms with Gasteiger partial charge in [-0.15, -0.1) is 0 Å². The molecule has 6 heteroatoms. The maximum atomic E-state index is 11.1. The van der Waals surface area contributed by atoms with Gasteiger partial charge in [-0.3, -0.25) is 0 Å². The third kappa shape index (κ3) is 2.59. The molecule has 1 aliphatic rings. The first-order chi connectivity index (χ1) is 10.1. The molecule has 6 nitrogen and oxygen atoms in total. The second kappa shape index (κ2) is 5.09. The highest BCUT2D eigenvalue weighted by Gasteiger charge is 2.20. The molecule has 0 aromatic heterocycles. The van der Waals surface area contributed by atoms with Gasteiger partial charge in [0.25, 0.3) is 5.84 Å². The summed E-state index contributed by atoms with van der Waals surface area (Å²) in [5, 5.41) is 23.5. The Balaban J connectivity index is 2.12. The average molecular weight is 281 g/mol. The lowest BCUT2D eigenvalue weighted by Gasteiger charge is -2.06. The third-order valence-corrected chi connectivity index (χ3v) is 3.05. The van der Waals surface area contributed by atoms with E-state index in [0.717, 1.165) is 5.69 Å². The van der Waals surface area contributed by atoms with Crippen LogP contribution >= 0.6 is 0 Å². The van der Waals surface area contributed by atoms with Crippen molar-refractivity contribution in [2.75, 3.05) is 5.32 Å². The van der Waals surface area contributed by atoms with Crippen LogP contribution < -0.4 is 5.32 Å². The van der Waals surface area contributed by atoms with E-state index in [4.69, 9.17) is 0 Å². The van der Waals surface area contributed by atoms with E-state index in [1.165, 1.54) is 18.2 Å². The number of phenolic OH excluding ortho intramolecular Hbond substituents is 1. The summed E-state index contributed by atoms with van der Waals surface area (Å²) in [6.45, 7) is 0. The van der Waals surface area contributed by atoms with Crippen LogP contribution in [-0.4, -0.2) is 15.9 Å². The highest BCUT2D eigenvalue weighted by molar-refractivity contribution is 6.10. The van der Waals surface area contributed by atoms with E-state index in [9.17, 15) is 15.2 Å². The summed E-state index contributed by atoms with van der Waals surface area (Å²) in [6, 6.07) is 13.5. The second-order valence-electron chi connectivity index (χ2n) is 4.48. The second-order valence-corrected chi connectivity index (χ2v) is 4.48. The molecule has 1 aliphatic heterocycles. The molecule has 2 aromatic rings. The van der Waals surface area contributed by atoms with Crippen LogP contribution in [0.2, 0.25) is 0 Å². The quantitative estimate of drug-likeness (QED) is 0.654. The first kappa shape index (κ1) is 12.9. The molecule has 0 saturated heterocycles. The minimum Gasteiger partial charge on any atom is -0.508 e. The highest BCUT2D eigenvalue weighted by atomic mass is 16.6. The summed E-state index contributed by atoms with van der Waals surface area (Å²) >= 11 is 0. The zero-order valence-corrected chi connectivity index (χ0v) is 10.9. The number of rotatable bonds is 2. The van der Waals surface area contributed by atoms with E-state index in [-0.39, 0.29) is 11.6 Å². The number of hydrogen-bond donors (Lipinski definition) is 2. The zero-order valence-electron chi connectivity index (χ0n) is 10.9. The van der Waals surface area contributed by atoms with Crippen LogP contribution in [0.1, 0.15) is 11.1 Å². The van der Waals surface area contributed by atoms with Crippen LogP contribution in [-0.2, 0) is 0 Å². The fourth-order valence-electron chi connectivity index (χ4n) is 2.03. The minimum atomic E-state index is -0.524. The van der Waals surface area contributed by atoms with Crippen molar-refractivity contribution in [1.82, 2.24) is 0 Å². The number of phenols is 1. The van der Waals surface area contributed by atoms with Gasteiger partial charge in [0.1, 0.15) is 5.75 Å². The van der Waals surface area contributed by atoms with Crippen molar-refractivity contribution >= 4 is 17.6 Å². The number of hydrogen-bond acceptors (Lipinski definition) is 5. The number of benzene rings is 2. The van der Waals surface area contributed by atoms with Gasteiger partial charge in [-0.05, 0) is 40.2 Å². The monoisotopic (exact) mass is 281 g/mol. The summed E-state index contributed by atoms with van der Waals surface area (Å²) in [7, 11) is 0. The number of amidine groups is 1. The van der Waals surface area contributed by atoms with Gasteiger partial charge in [0.05, 0.1) is 0 Å². The van der Waals surface area contributed by atoms with Crippen molar-refractivity contribution in [2.45, 2.75) is 0 Å². The molecule has 3 rings (SSSR count). The van der Waals surface area contributed by atoms with E-state index in [1.54, 1.807) is 24.3 Å².